The Hall–Kier alpha value is -2.35. The maximum absolute atomic E-state index is 12.6. The van der Waals surface area contributed by atoms with Gasteiger partial charge in [-0.1, -0.05) is 68.4 Å². The van der Waals surface area contributed by atoms with Gasteiger partial charge >= 0.3 is 0 Å². The van der Waals surface area contributed by atoms with Gasteiger partial charge in [-0.3, -0.25) is 4.79 Å². The number of ketones is 1. The number of hydrogen-bond acceptors (Lipinski definition) is 2. The van der Waals surface area contributed by atoms with Crippen molar-refractivity contribution in [2.45, 2.75) is 26.2 Å². The summed E-state index contributed by atoms with van der Waals surface area (Å²) >= 11 is 0. The molecule has 114 valence electrons. The van der Waals surface area contributed by atoms with E-state index in [1.807, 2.05) is 49.5 Å². The first-order valence-corrected chi connectivity index (χ1v) is 7.66. The number of carbonyl (C=O) groups is 1. The van der Waals surface area contributed by atoms with Crippen molar-refractivity contribution < 1.29 is 4.79 Å². The maximum atomic E-state index is 12.6. The van der Waals surface area contributed by atoms with E-state index in [0.717, 1.165) is 16.7 Å². The highest BCUT2D eigenvalue weighted by Gasteiger charge is 2.13. The summed E-state index contributed by atoms with van der Waals surface area (Å²) in [6, 6.07) is 18.1. The highest BCUT2D eigenvalue weighted by atomic mass is 16.1. The number of allylic oxidation sites excluding steroid dienone is 1. The van der Waals surface area contributed by atoms with Crippen LogP contribution in [0.2, 0.25) is 0 Å². The molecule has 2 aromatic rings. The summed E-state index contributed by atoms with van der Waals surface area (Å²) in [5, 5.41) is 2.99. The average molecular weight is 293 g/mol. The zero-order chi connectivity index (χ0) is 15.9. The van der Waals surface area contributed by atoms with Crippen molar-refractivity contribution in [3.63, 3.8) is 0 Å². The topological polar surface area (TPSA) is 29.1 Å². The molecule has 0 saturated heterocycles. The molecule has 0 spiro atoms. The molecule has 2 rings (SSSR count). The molecule has 0 bridgehead atoms. The first-order chi connectivity index (χ1) is 10.6. The maximum Gasteiger partial charge on any atom is 0.169 e. The molecule has 2 nitrogen and oxygen atoms in total. The van der Waals surface area contributed by atoms with Crippen molar-refractivity contribution in [1.29, 1.82) is 0 Å². The van der Waals surface area contributed by atoms with Crippen molar-refractivity contribution >= 4 is 11.4 Å². The lowest BCUT2D eigenvalue weighted by Crippen LogP contribution is -2.09. The van der Waals surface area contributed by atoms with Crippen LogP contribution in [-0.2, 0) is 11.2 Å². The third-order valence-corrected chi connectivity index (χ3v) is 3.68. The molecule has 0 radical (unpaired) electrons. The standard InChI is InChI=1S/C20H23NO/c1-15(2)17-9-11-18(12-10-17)19(14-21-3)20(22)13-16-7-5-4-6-8-16/h4-12,14-15,21H,13H2,1-3H3. The van der Waals surface area contributed by atoms with Gasteiger partial charge in [0.15, 0.2) is 5.78 Å². The normalized spacial score (nSPS) is 11.5. The lowest BCUT2D eigenvalue weighted by atomic mass is 9.95. The van der Waals surface area contributed by atoms with Crippen molar-refractivity contribution in [3.05, 3.63) is 77.5 Å². The first kappa shape index (κ1) is 16.0. The van der Waals surface area contributed by atoms with E-state index in [0.29, 0.717) is 12.3 Å². The molecule has 0 unspecified atom stereocenters. The second-order valence-electron chi connectivity index (χ2n) is 5.71. The smallest absolute Gasteiger partial charge is 0.169 e. The molecule has 0 fully saturated rings. The van der Waals surface area contributed by atoms with E-state index in [2.05, 4.69) is 31.3 Å². The van der Waals surface area contributed by atoms with Crippen LogP contribution in [0.4, 0.5) is 0 Å². The summed E-state index contributed by atoms with van der Waals surface area (Å²) in [7, 11) is 1.82. The fourth-order valence-corrected chi connectivity index (χ4v) is 2.39. The molecule has 1 N–H and O–H groups in total. The molecule has 2 heteroatoms. The summed E-state index contributed by atoms with van der Waals surface area (Å²) < 4.78 is 0. The Labute approximate surface area is 132 Å². The molecular formula is C20H23NO. The SMILES string of the molecule is CNC=C(C(=O)Cc1ccccc1)c1ccc(C(C)C)cc1. The summed E-state index contributed by atoms with van der Waals surface area (Å²) in [5.41, 5.74) is 4.00. The van der Waals surface area contributed by atoms with Crippen molar-refractivity contribution in [1.82, 2.24) is 5.32 Å². The van der Waals surface area contributed by atoms with Gasteiger partial charge in [0.1, 0.15) is 0 Å². The molecule has 2 aromatic carbocycles. The summed E-state index contributed by atoms with van der Waals surface area (Å²) in [4.78, 5) is 12.6. The molecule has 0 amide bonds. The Morgan fingerprint density at radius 3 is 2.23 bits per heavy atom. The van der Waals surface area contributed by atoms with E-state index in [1.54, 1.807) is 6.20 Å². The summed E-state index contributed by atoms with van der Waals surface area (Å²) in [6.07, 6.45) is 2.20. The van der Waals surface area contributed by atoms with Gasteiger partial charge in [-0.05, 0) is 22.6 Å². The van der Waals surface area contributed by atoms with Gasteiger partial charge in [0.05, 0.1) is 0 Å². The molecule has 0 atom stereocenters. The average Bonchev–Trinajstić information content (AvgIpc) is 2.53. The number of nitrogens with one attached hydrogen (secondary N) is 1. The highest BCUT2D eigenvalue weighted by Crippen LogP contribution is 2.21. The van der Waals surface area contributed by atoms with Crippen LogP contribution in [0.5, 0.6) is 0 Å². The second-order valence-corrected chi connectivity index (χ2v) is 5.71. The van der Waals surface area contributed by atoms with Gasteiger partial charge in [-0.25, -0.2) is 0 Å². The van der Waals surface area contributed by atoms with Crippen molar-refractivity contribution in [3.8, 4) is 0 Å². The van der Waals surface area contributed by atoms with Crippen LogP contribution in [0.1, 0.15) is 36.5 Å². The summed E-state index contributed by atoms with van der Waals surface area (Å²) in [5.74, 6) is 0.614. The first-order valence-electron chi connectivity index (χ1n) is 7.66. The monoisotopic (exact) mass is 293 g/mol. The Kier molecular flexibility index (Phi) is 5.54. The summed E-state index contributed by atoms with van der Waals surface area (Å²) in [6.45, 7) is 4.33. The quantitative estimate of drug-likeness (QED) is 0.809. The number of hydrogen-bond donors (Lipinski definition) is 1. The minimum Gasteiger partial charge on any atom is -0.393 e. The Balaban J connectivity index is 2.22. The van der Waals surface area contributed by atoms with E-state index in [4.69, 9.17) is 0 Å². The van der Waals surface area contributed by atoms with Crippen LogP contribution in [0.15, 0.2) is 60.8 Å². The predicted octanol–water partition coefficient (Wildman–Crippen LogP) is 4.18. The van der Waals surface area contributed by atoms with Gasteiger partial charge in [0, 0.05) is 25.2 Å². The van der Waals surface area contributed by atoms with Crippen LogP contribution in [0.25, 0.3) is 5.57 Å². The second kappa shape index (κ2) is 7.60. The zero-order valence-electron chi connectivity index (χ0n) is 13.5. The molecule has 0 aliphatic rings. The molecule has 0 aliphatic heterocycles. The number of rotatable bonds is 6. The Bertz CT molecular complexity index is 639. The molecule has 0 saturated carbocycles. The van der Waals surface area contributed by atoms with E-state index in [9.17, 15) is 4.79 Å². The zero-order valence-corrected chi connectivity index (χ0v) is 13.5. The minimum atomic E-state index is 0.123. The van der Waals surface area contributed by atoms with E-state index < -0.39 is 0 Å². The number of carbonyl (C=O) groups excluding carboxylic acids is 1. The minimum absolute atomic E-state index is 0.123. The van der Waals surface area contributed by atoms with Crippen LogP contribution >= 0.6 is 0 Å². The van der Waals surface area contributed by atoms with Gasteiger partial charge in [0.25, 0.3) is 0 Å². The van der Waals surface area contributed by atoms with E-state index in [1.165, 1.54) is 5.56 Å². The number of Topliss-reactive ketones (excluding diaryl/α,β-unsaturated/α-hetero) is 1. The fraction of sp³-hybridized carbons (Fsp3) is 0.250. The van der Waals surface area contributed by atoms with E-state index in [-0.39, 0.29) is 5.78 Å². The largest absolute Gasteiger partial charge is 0.393 e. The van der Waals surface area contributed by atoms with E-state index >= 15 is 0 Å². The number of benzene rings is 2. The Morgan fingerprint density at radius 2 is 1.68 bits per heavy atom. The lowest BCUT2D eigenvalue weighted by molar-refractivity contribution is -0.113. The molecule has 0 heterocycles. The third-order valence-electron chi connectivity index (χ3n) is 3.68. The van der Waals surface area contributed by atoms with Crippen LogP contribution in [0, 0.1) is 0 Å². The van der Waals surface area contributed by atoms with Crippen LogP contribution in [-0.4, -0.2) is 12.8 Å². The molecule has 0 aromatic heterocycles. The predicted molar refractivity (Wildman–Crippen MR) is 92.7 cm³/mol. The van der Waals surface area contributed by atoms with Gasteiger partial charge < -0.3 is 5.32 Å². The molecular weight excluding hydrogens is 270 g/mol. The van der Waals surface area contributed by atoms with Gasteiger partial charge in [0.2, 0.25) is 0 Å². The Morgan fingerprint density at radius 1 is 1.05 bits per heavy atom. The van der Waals surface area contributed by atoms with Gasteiger partial charge in [-0.2, -0.15) is 0 Å². The molecule has 0 aliphatic carbocycles. The fourth-order valence-electron chi connectivity index (χ4n) is 2.39. The highest BCUT2D eigenvalue weighted by molar-refractivity contribution is 6.21. The van der Waals surface area contributed by atoms with Gasteiger partial charge in [-0.15, -0.1) is 0 Å². The van der Waals surface area contributed by atoms with Crippen molar-refractivity contribution in [2.75, 3.05) is 7.05 Å². The third kappa shape index (κ3) is 4.08. The lowest BCUT2D eigenvalue weighted by Gasteiger charge is -2.10. The van der Waals surface area contributed by atoms with Crippen molar-refractivity contribution in [2.24, 2.45) is 0 Å². The van der Waals surface area contributed by atoms with Crippen LogP contribution in [0.3, 0.4) is 0 Å². The molecule has 22 heavy (non-hydrogen) atoms. The van der Waals surface area contributed by atoms with Crippen LogP contribution < -0.4 is 5.32 Å².